The van der Waals surface area contributed by atoms with E-state index in [1.807, 2.05) is 48.5 Å². The maximum atomic E-state index is 13.8. The Bertz CT molecular complexity index is 2070. The molecule has 276 valence electrons. The number of imide groups is 2. The van der Waals surface area contributed by atoms with E-state index < -0.39 is 0 Å². The van der Waals surface area contributed by atoms with Crippen LogP contribution in [-0.4, -0.2) is 137 Å². The molecule has 2 saturated heterocycles. The maximum Gasteiger partial charge on any atom is 0.261 e. The molecule has 0 aliphatic carbocycles. The number of carbonyl (C=O) groups is 4. The standard InChI is InChI=1S/C41H46N6O6/c1-2-43(14-15-47-39(49)33-9-4-7-29-25-31(45-18-22-53-23-19-45)27-35(37(29)33)41(47)51)12-5-10-42-11-13-46-38(48)32-8-3-6-28-24-30(44-16-20-52-21-17-44)26-34(36(28)32)40(46)50/h3-4,6-9,24-27,42H,2,5,10-23H2,1H3. The molecular formula is C41H46N6O6. The molecule has 4 aliphatic rings. The fourth-order valence-corrected chi connectivity index (χ4v) is 8.11. The molecular weight excluding hydrogens is 672 g/mol. The fraction of sp³-hybridized carbons (Fsp3) is 0.415. The third kappa shape index (κ3) is 6.76. The summed E-state index contributed by atoms with van der Waals surface area (Å²) >= 11 is 0. The molecule has 53 heavy (non-hydrogen) atoms. The fourth-order valence-electron chi connectivity index (χ4n) is 8.11. The van der Waals surface area contributed by atoms with Crippen molar-refractivity contribution >= 4 is 56.5 Å². The minimum absolute atomic E-state index is 0.246. The van der Waals surface area contributed by atoms with E-state index in [-0.39, 0.29) is 30.2 Å². The van der Waals surface area contributed by atoms with Crippen LogP contribution in [0, 0.1) is 0 Å². The van der Waals surface area contributed by atoms with Gasteiger partial charge in [-0.05, 0) is 73.2 Å². The topological polar surface area (TPSA) is 115 Å². The largest absolute Gasteiger partial charge is 0.378 e. The van der Waals surface area contributed by atoms with Gasteiger partial charge in [-0.1, -0.05) is 31.2 Å². The lowest BCUT2D eigenvalue weighted by atomic mass is 9.93. The van der Waals surface area contributed by atoms with Gasteiger partial charge in [0.15, 0.2) is 0 Å². The monoisotopic (exact) mass is 718 g/mol. The van der Waals surface area contributed by atoms with Crippen LogP contribution in [0.3, 0.4) is 0 Å². The zero-order chi connectivity index (χ0) is 36.5. The summed E-state index contributed by atoms with van der Waals surface area (Å²) in [7, 11) is 0. The Kier molecular flexibility index (Phi) is 10.1. The molecule has 4 amide bonds. The van der Waals surface area contributed by atoms with Crippen LogP contribution in [0.15, 0.2) is 60.7 Å². The van der Waals surface area contributed by atoms with E-state index in [4.69, 9.17) is 9.47 Å². The SMILES string of the molecule is CCN(CCCNCCN1C(=O)c2cccc3cc(N4CCOCC4)cc(c23)C1=O)CCN1C(=O)c2cccc3cc(N4CCOCC4)cc(c23)C1=O. The van der Waals surface area contributed by atoms with Gasteiger partial charge in [0.2, 0.25) is 0 Å². The van der Waals surface area contributed by atoms with E-state index in [1.165, 1.54) is 9.80 Å². The molecule has 12 nitrogen and oxygen atoms in total. The van der Waals surface area contributed by atoms with Crippen LogP contribution in [0.25, 0.3) is 21.5 Å². The summed E-state index contributed by atoms with van der Waals surface area (Å²) in [5.74, 6) is -1.01. The van der Waals surface area contributed by atoms with E-state index in [0.717, 1.165) is 78.6 Å². The molecule has 0 spiro atoms. The summed E-state index contributed by atoms with van der Waals surface area (Å²) in [6.07, 6.45) is 0.827. The molecule has 8 rings (SSSR count). The zero-order valence-corrected chi connectivity index (χ0v) is 30.3. The Morgan fingerprint density at radius 1 is 0.604 bits per heavy atom. The number of nitrogens with one attached hydrogen (secondary N) is 1. The summed E-state index contributed by atoms with van der Waals surface area (Å²) < 4.78 is 11.1. The number of amides is 4. The van der Waals surface area contributed by atoms with Gasteiger partial charge in [-0.15, -0.1) is 0 Å². The summed E-state index contributed by atoms with van der Waals surface area (Å²) in [6, 6.07) is 19.3. The molecule has 0 unspecified atom stereocenters. The van der Waals surface area contributed by atoms with Crippen LogP contribution in [0.5, 0.6) is 0 Å². The molecule has 4 aliphatic heterocycles. The smallest absolute Gasteiger partial charge is 0.261 e. The molecule has 0 saturated carbocycles. The average molecular weight is 719 g/mol. The van der Waals surface area contributed by atoms with Crippen molar-refractivity contribution in [2.24, 2.45) is 0 Å². The molecule has 2 fully saturated rings. The van der Waals surface area contributed by atoms with Crippen molar-refractivity contribution < 1.29 is 28.7 Å². The van der Waals surface area contributed by atoms with Gasteiger partial charge in [-0.2, -0.15) is 0 Å². The van der Waals surface area contributed by atoms with E-state index in [0.29, 0.717) is 74.9 Å². The van der Waals surface area contributed by atoms with Crippen LogP contribution < -0.4 is 15.1 Å². The normalized spacial score (nSPS) is 17.6. The van der Waals surface area contributed by atoms with Gasteiger partial charge in [0.1, 0.15) is 0 Å². The number of carbonyl (C=O) groups excluding carboxylic acids is 4. The maximum absolute atomic E-state index is 13.8. The van der Waals surface area contributed by atoms with Crippen molar-refractivity contribution in [1.29, 1.82) is 0 Å². The minimum atomic E-state index is -0.260. The molecule has 0 radical (unpaired) electrons. The molecule has 0 bridgehead atoms. The summed E-state index contributed by atoms with van der Waals surface area (Å²) in [6.45, 7) is 11.6. The van der Waals surface area contributed by atoms with Crippen molar-refractivity contribution in [3.8, 4) is 0 Å². The summed E-state index contributed by atoms with van der Waals surface area (Å²) in [4.78, 5) is 64.1. The number of likely N-dealkylation sites (N-methyl/N-ethyl adjacent to an activating group) is 1. The van der Waals surface area contributed by atoms with Crippen molar-refractivity contribution in [1.82, 2.24) is 20.0 Å². The van der Waals surface area contributed by atoms with Crippen molar-refractivity contribution in [2.75, 3.05) is 108 Å². The van der Waals surface area contributed by atoms with Gasteiger partial charge in [0.25, 0.3) is 23.6 Å². The van der Waals surface area contributed by atoms with Crippen molar-refractivity contribution in [3.63, 3.8) is 0 Å². The van der Waals surface area contributed by atoms with Crippen LogP contribution in [0.2, 0.25) is 0 Å². The second-order valence-corrected chi connectivity index (χ2v) is 14.1. The van der Waals surface area contributed by atoms with E-state index >= 15 is 0 Å². The van der Waals surface area contributed by atoms with Crippen LogP contribution >= 0.6 is 0 Å². The highest BCUT2D eigenvalue weighted by Crippen LogP contribution is 2.36. The Balaban J connectivity index is 0.848. The molecule has 1 N–H and O–H groups in total. The lowest BCUT2D eigenvalue weighted by Gasteiger charge is -2.32. The first-order valence-electron chi connectivity index (χ1n) is 18.9. The Hall–Kier alpha value is -4.88. The first-order chi connectivity index (χ1) is 25.9. The van der Waals surface area contributed by atoms with Gasteiger partial charge >= 0.3 is 0 Å². The first-order valence-corrected chi connectivity index (χ1v) is 18.9. The van der Waals surface area contributed by atoms with Crippen LogP contribution in [0.1, 0.15) is 54.8 Å². The van der Waals surface area contributed by atoms with Gasteiger partial charge in [-0.25, -0.2) is 0 Å². The number of hydrogen-bond donors (Lipinski definition) is 1. The number of rotatable bonds is 13. The first kappa shape index (κ1) is 35.2. The molecule has 0 atom stereocenters. The number of anilines is 2. The van der Waals surface area contributed by atoms with Gasteiger partial charge in [-0.3, -0.25) is 29.0 Å². The Morgan fingerprint density at radius 3 is 1.60 bits per heavy atom. The predicted molar refractivity (Wildman–Crippen MR) is 204 cm³/mol. The zero-order valence-electron chi connectivity index (χ0n) is 30.3. The lowest BCUT2D eigenvalue weighted by Crippen LogP contribution is -2.45. The van der Waals surface area contributed by atoms with E-state index in [2.05, 4.69) is 39.1 Å². The molecule has 4 heterocycles. The summed E-state index contributed by atoms with van der Waals surface area (Å²) in [5, 5.41) is 6.68. The van der Waals surface area contributed by atoms with E-state index in [1.54, 1.807) is 0 Å². The molecule has 12 heteroatoms. The number of morpholine rings is 2. The number of ether oxygens (including phenoxy) is 2. The number of hydrogen-bond acceptors (Lipinski definition) is 10. The third-order valence-electron chi connectivity index (χ3n) is 11.0. The number of nitrogens with zero attached hydrogens (tertiary/aromatic N) is 5. The highest BCUT2D eigenvalue weighted by atomic mass is 16.5. The molecule has 0 aromatic heterocycles. The van der Waals surface area contributed by atoms with Crippen molar-refractivity contribution in [3.05, 3.63) is 82.9 Å². The minimum Gasteiger partial charge on any atom is -0.378 e. The lowest BCUT2D eigenvalue weighted by molar-refractivity contribution is 0.0586. The molecule has 4 aromatic carbocycles. The van der Waals surface area contributed by atoms with Crippen LogP contribution in [0.4, 0.5) is 11.4 Å². The Labute approximate surface area is 309 Å². The quantitative estimate of drug-likeness (QED) is 0.162. The Morgan fingerprint density at radius 2 is 1.09 bits per heavy atom. The highest BCUT2D eigenvalue weighted by Gasteiger charge is 2.35. The van der Waals surface area contributed by atoms with Gasteiger partial charge in [0.05, 0.1) is 37.6 Å². The third-order valence-corrected chi connectivity index (χ3v) is 11.0. The second kappa shape index (κ2) is 15.2. The van der Waals surface area contributed by atoms with Gasteiger partial charge < -0.3 is 29.5 Å². The van der Waals surface area contributed by atoms with Crippen molar-refractivity contribution in [2.45, 2.75) is 13.3 Å². The van der Waals surface area contributed by atoms with Gasteiger partial charge in [0, 0.05) is 85.6 Å². The predicted octanol–water partition coefficient (Wildman–Crippen LogP) is 3.86. The molecule has 4 aromatic rings. The summed E-state index contributed by atoms with van der Waals surface area (Å²) in [5.41, 5.74) is 4.24. The second-order valence-electron chi connectivity index (χ2n) is 14.1. The number of benzene rings is 4. The van der Waals surface area contributed by atoms with Crippen LogP contribution in [-0.2, 0) is 9.47 Å². The average Bonchev–Trinajstić information content (AvgIpc) is 3.20. The van der Waals surface area contributed by atoms with E-state index in [9.17, 15) is 19.2 Å². The highest BCUT2D eigenvalue weighted by molar-refractivity contribution is 6.27.